The number of amidine groups is 1. The fourth-order valence-electron chi connectivity index (χ4n) is 3.74. The fourth-order valence-corrected chi connectivity index (χ4v) is 7.27. The van der Waals surface area contributed by atoms with Gasteiger partial charge in [0, 0.05) is 23.6 Å². The maximum atomic E-state index is 13.2. The van der Waals surface area contributed by atoms with Gasteiger partial charge >= 0.3 is 7.60 Å². The first kappa shape index (κ1) is 29.6. The van der Waals surface area contributed by atoms with Gasteiger partial charge in [0.25, 0.3) is 5.91 Å². The minimum atomic E-state index is -3.34. The van der Waals surface area contributed by atoms with E-state index < -0.39 is 23.3 Å². The Morgan fingerprint density at radius 3 is 2.33 bits per heavy atom. The van der Waals surface area contributed by atoms with Gasteiger partial charge in [-0.3, -0.25) is 14.4 Å². The Bertz CT molecular complexity index is 1350. The highest BCUT2D eigenvalue weighted by Crippen LogP contribution is 2.49. The number of thioether (sulfide) groups is 1. The zero-order chi connectivity index (χ0) is 28.0. The predicted molar refractivity (Wildman–Crippen MR) is 148 cm³/mol. The molecule has 2 aliphatic rings. The Labute approximate surface area is 232 Å². The van der Waals surface area contributed by atoms with Crippen LogP contribution in [0, 0.1) is 0 Å². The fraction of sp³-hybridized carbons (Fsp3) is 0.440. The molecule has 11 nitrogen and oxygen atoms in total. The van der Waals surface area contributed by atoms with Gasteiger partial charge in [0.1, 0.15) is 23.4 Å². The van der Waals surface area contributed by atoms with Crippen molar-refractivity contribution < 1.29 is 41.0 Å². The van der Waals surface area contributed by atoms with Crippen LogP contribution in [0.15, 0.2) is 52.4 Å². The highest BCUT2D eigenvalue weighted by atomic mass is 32.2. The van der Waals surface area contributed by atoms with Crippen molar-refractivity contribution in [2.24, 2.45) is 4.99 Å². The molecule has 0 saturated carbocycles. The maximum absolute atomic E-state index is 13.2. The molecule has 39 heavy (non-hydrogen) atoms. The average molecular weight is 599 g/mol. The third-order valence-corrected chi connectivity index (χ3v) is 9.89. The molecular formula is C25H31N2O9PS2. The molecule has 1 amide bonds. The van der Waals surface area contributed by atoms with E-state index in [0.29, 0.717) is 41.4 Å². The Morgan fingerprint density at radius 2 is 1.74 bits per heavy atom. The molecule has 2 aromatic rings. The van der Waals surface area contributed by atoms with Gasteiger partial charge in [-0.2, -0.15) is 0 Å². The second-order valence-corrected chi connectivity index (χ2v) is 13.9. The number of carbonyl (C=O) groups is 1. The lowest BCUT2D eigenvalue weighted by Gasteiger charge is -2.27. The summed E-state index contributed by atoms with van der Waals surface area (Å²) in [4.78, 5) is 17.8. The number of hydrogen-bond acceptors (Lipinski definition) is 11. The summed E-state index contributed by atoms with van der Waals surface area (Å²) in [7, 11) is -6.61. The number of hydrogen-bond donors (Lipinski definition) is 1. The van der Waals surface area contributed by atoms with Crippen LogP contribution in [0.3, 0.4) is 0 Å². The van der Waals surface area contributed by atoms with Crippen molar-refractivity contribution in [3.63, 3.8) is 0 Å². The van der Waals surface area contributed by atoms with Crippen molar-refractivity contribution in [2.45, 2.75) is 30.9 Å². The Kier molecular flexibility index (Phi) is 9.73. The molecule has 14 heteroatoms. The Hall–Kier alpha value is -2.41. The van der Waals surface area contributed by atoms with E-state index >= 15 is 0 Å². The molecule has 0 aromatic heterocycles. The van der Waals surface area contributed by atoms with Crippen molar-refractivity contribution in [1.29, 1.82) is 0 Å². The molecule has 1 fully saturated rings. The number of ether oxygens (including phenoxy) is 3. The molecule has 0 aliphatic carbocycles. The molecule has 2 aliphatic heterocycles. The van der Waals surface area contributed by atoms with Crippen LogP contribution >= 0.6 is 19.4 Å². The maximum Gasteiger partial charge on any atom is 0.332 e. The topological polar surface area (TPSA) is 139 Å². The molecule has 1 unspecified atom stereocenters. The molecule has 212 valence electrons. The number of amides is 1. The zero-order valence-corrected chi connectivity index (χ0v) is 24.4. The Balaban J connectivity index is 1.49. The van der Waals surface area contributed by atoms with E-state index in [1.807, 2.05) is 0 Å². The lowest BCUT2D eigenvalue weighted by atomic mass is 10.2. The van der Waals surface area contributed by atoms with E-state index in [2.05, 4.69) is 10.3 Å². The first-order chi connectivity index (χ1) is 18.6. The lowest BCUT2D eigenvalue weighted by molar-refractivity contribution is -0.0797. The van der Waals surface area contributed by atoms with Gasteiger partial charge in [0.05, 0.1) is 43.5 Å². The van der Waals surface area contributed by atoms with E-state index in [1.54, 1.807) is 32.0 Å². The van der Waals surface area contributed by atoms with Gasteiger partial charge in [0.15, 0.2) is 15.0 Å². The van der Waals surface area contributed by atoms with Crippen LogP contribution in [-0.4, -0.2) is 76.2 Å². The van der Waals surface area contributed by atoms with Gasteiger partial charge in [-0.05, 0) is 50.2 Å². The lowest BCUT2D eigenvalue weighted by Crippen LogP contribution is -2.38. The van der Waals surface area contributed by atoms with Crippen LogP contribution in [0.4, 0.5) is 0 Å². The van der Waals surface area contributed by atoms with Crippen molar-refractivity contribution in [2.75, 3.05) is 44.6 Å². The van der Waals surface area contributed by atoms with Crippen molar-refractivity contribution in [3.8, 4) is 17.2 Å². The number of rotatable bonds is 12. The highest BCUT2D eigenvalue weighted by molar-refractivity contribution is 8.14. The summed E-state index contributed by atoms with van der Waals surface area (Å²) < 4.78 is 64.1. The smallest absolute Gasteiger partial charge is 0.332 e. The van der Waals surface area contributed by atoms with Gasteiger partial charge in [-0.15, -0.1) is 0 Å². The molecule has 2 heterocycles. The van der Waals surface area contributed by atoms with E-state index in [-0.39, 0.29) is 42.0 Å². The number of benzene rings is 2. The summed E-state index contributed by atoms with van der Waals surface area (Å²) in [6.07, 6.45) is 1.13. The van der Waals surface area contributed by atoms with Crippen molar-refractivity contribution in [3.05, 3.63) is 48.0 Å². The molecule has 4 rings (SSSR count). The summed E-state index contributed by atoms with van der Waals surface area (Å²) in [5, 5.41) is 3.20. The van der Waals surface area contributed by atoms with Crippen LogP contribution in [-0.2, 0) is 28.2 Å². The predicted octanol–water partition coefficient (Wildman–Crippen LogP) is 4.13. The number of sulfone groups is 1. The summed E-state index contributed by atoms with van der Waals surface area (Å²) in [5.41, 5.74) is 0.275. The van der Waals surface area contributed by atoms with E-state index in [4.69, 9.17) is 23.3 Å². The average Bonchev–Trinajstić information content (AvgIpc) is 3.27. The monoisotopic (exact) mass is 598 g/mol. The summed E-state index contributed by atoms with van der Waals surface area (Å²) in [5.74, 6) is 1.25. The third kappa shape index (κ3) is 8.29. The van der Waals surface area contributed by atoms with E-state index in [0.717, 1.165) is 6.26 Å². The highest BCUT2D eigenvalue weighted by Gasteiger charge is 2.32. The third-order valence-electron chi connectivity index (χ3n) is 5.56. The number of nitrogens with one attached hydrogen (secondary N) is 1. The van der Waals surface area contributed by atoms with E-state index in [1.165, 1.54) is 36.0 Å². The molecule has 0 radical (unpaired) electrons. The first-order valence-electron chi connectivity index (χ1n) is 12.3. The van der Waals surface area contributed by atoms with Gasteiger partial charge in [-0.25, -0.2) is 8.42 Å². The van der Waals surface area contributed by atoms with Crippen molar-refractivity contribution >= 4 is 40.3 Å². The Morgan fingerprint density at radius 1 is 1.08 bits per heavy atom. The SMILES string of the molecule is CCOP(=O)(CC1CSC(NC(=O)c2cc(Oc3ccc(S(C)(=O)=O)cc3)cc(OC3COC3)c2)=N1)OCC. The molecular weight excluding hydrogens is 567 g/mol. The van der Waals surface area contributed by atoms with Crippen LogP contribution in [0.1, 0.15) is 24.2 Å². The van der Waals surface area contributed by atoms with Crippen LogP contribution in [0.5, 0.6) is 17.2 Å². The number of aliphatic imine (C=N–C) groups is 1. The molecule has 2 aromatic carbocycles. The van der Waals surface area contributed by atoms with E-state index in [9.17, 15) is 17.8 Å². The second kappa shape index (κ2) is 12.8. The van der Waals surface area contributed by atoms with Crippen LogP contribution < -0.4 is 14.8 Å². The van der Waals surface area contributed by atoms with Gasteiger partial charge in [0.2, 0.25) is 0 Å². The van der Waals surface area contributed by atoms with Crippen LogP contribution in [0.2, 0.25) is 0 Å². The standard InChI is InChI=1S/C25H31N2O9PS2/c1-4-33-37(29,34-5-2)15-18-16-38-25(26-18)27-24(28)17-10-20(12-21(11-17)36-22-13-32-14-22)35-19-6-8-23(9-7-19)39(3,30)31/h6-12,18,22H,4-5,13-16H2,1-3H3,(H,26,27,28). The first-order valence-corrected chi connectivity index (χ1v) is 16.9. The summed E-state index contributed by atoms with van der Waals surface area (Å²) >= 11 is 1.35. The molecule has 0 spiro atoms. The molecule has 1 saturated heterocycles. The summed E-state index contributed by atoms with van der Waals surface area (Å²) in [6.45, 7) is 4.93. The molecule has 1 atom stereocenters. The van der Waals surface area contributed by atoms with Crippen LogP contribution in [0.25, 0.3) is 0 Å². The number of nitrogens with zero attached hydrogens (tertiary/aromatic N) is 1. The largest absolute Gasteiger partial charge is 0.485 e. The minimum Gasteiger partial charge on any atom is -0.485 e. The van der Waals surface area contributed by atoms with Crippen molar-refractivity contribution in [1.82, 2.24) is 5.32 Å². The number of carbonyl (C=O) groups excluding carboxylic acids is 1. The minimum absolute atomic E-state index is 0.129. The summed E-state index contributed by atoms with van der Waals surface area (Å²) in [6, 6.07) is 10.5. The molecule has 0 bridgehead atoms. The van der Waals surface area contributed by atoms with Gasteiger partial charge < -0.3 is 28.6 Å². The second-order valence-electron chi connectivity index (χ2n) is 8.80. The normalized spacial score (nSPS) is 17.8. The quantitative estimate of drug-likeness (QED) is 0.355. The van der Waals surface area contributed by atoms with Gasteiger partial charge in [-0.1, -0.05) is 11.8 Å². The molecule has 1 N–H and O–H groups in total. The zero-order valence-electron chi connectivity index (χ0n) is 21.8.